The van der Waals surface area contributed by atoms with E-state index in [1.165, 1.54) is 36.2 Å². The molecule has 2 aromatic carbocycles. The zero-order valence-electron chi connectivity index (χ0n) is 14.5. The molecular formula is C20H19NO4S. The maximum atomic E-state index is 12.4. The number of ketones is 1. The summed E-state index contributed by atoms with van der Waals surface area (Å²) in [6.07, 6.45) is 3.48. The summed E-state index contributed by atoms with van der Waals surface area (Å²) in [4.78, 5) is 25.4. The van der Waals surface area contributed by atoms with Gasteiger partial charge in [0.15, 0.2) is 17.3 Å². The molecule has 0 saturated heterocycles. The summed E-state index contributed by atoms with van der Waals surface area (Å²) in [5.41, 5.74) is 3.70. The fourth-order valence-electron chi connectivity index (χ4n) is 3.31. The number of amides is 1. The van der Waals surface area contributed by atoms with E-state index in [1.54, 1.807) is 12.1 Å². The largest absolute Gasteiger partial charge is 0.454 e. The monoisotopic (exact) mass is 369 g/mol. The number of hydrogen-bond donors (Lipinski definition) is 1. The molecule has 0 radical (unpaired) electrons. The number of carbonyl (C=O) groups is 2. The third-order valence-corrected chi connectivity index (χ3v) is 5.60. The Morgan fingerprint density at radius 3 is 2.65 bits per heavy atom. The molecule has 134 valence electrons. The summed E-state index contributed by atoms with van der Waals surface area (Å²) in [5, 5.41) is 2.83. The number of fused-ring (bicyclic) bond motifs is 2. The van der Waals surface area contributed by atoms with Crippen LogP contribution in [0, 0.1) is 0 Å². The number of carbonyl (C=O) groups excluding carboxylic acids is 2. The van der Waals surface area contributed by atoms with Gasteiger partial charge in [-0.15, -0.1) is 11.8 Å². The number of rotatable bonds is 5. The molecule has 2 aromatic rings. The topological polar surface area (TPSA) is 64.6 Å². The fraction of sp³-hybridized carbons (Fsp3) is 0.300. The van der Waals surface area contributed by atoms with E-state index < -0.39 is 0 Å². The average molecular weight is 369 g/mol. The number of thioether (sulfide) groups is 1. The second-order valence-electron chi connectivity index (χ2n) is 6.43. The van der Waals surface area contributed by atoms with Crippen LogP contribution in [-0.2, 0) is 17.6 Å². The van der Waals surface area contributed by atoms with Gasteiger partial charge in [-0.25, -0.2) is 0 Å². The minimum atomic E-state index is -0.156. The molecule has 0 saturated carbocycles. The van der Waals surface area contributed by atoms with E-state index in [9.17, 15) is 9.59 Å². The summed E-state index contributed by atoms with van der Waals surface area (Å²) in [7, 11) is 0. The lowest BCUT2D eigenvalue weighted by molar-refractivity contribution is -0.113. The molecule has 5 nitrogen and oxygen atoms in total. The van der Waals surface area contributed by atoms with Crippen LogP contribution in [0.25, 0.3) is 0 Å². The quantitative estimate of drug-likeness (QED) is 0.641. The first-order chi connectivity index (χ1) is 12.6. The van der Waals surface area contributed by atoms with Gasteiger partial charge in [0.05, 0.1) is 11.4 Å². The Bertz CT molecular complexity index is 894. The summed E-state index contributed by atoms with van der Waals surface area (Å²) in [6, 6.07) is 9.69. The van der Waals surface area contributed by atoms with Crippen LogP contribution in [0.4, 0.5) is 5.69 Å². The fourth-order valence-corrected chi connectivity index (χ4v) is 4.07. The Hall–Kier alpha value is -2.47. The maximum Gasteiger partial charge on any atom is 0.234 e. The Balaban J connectivity index is 1.44. The molecule has 26 heavy (non-hydrogen) atoms. The number of benzene rings is 2. The molecule has 6 heteroatoms. The summed E-state index contributed by atoms with van der Waals surface area (Å²) in [5.74, 6) is 1.06. The van der Waals surface area contributed by atoms with Crippen LogP contribution >= 0.6 is 11.8 Å². The molecule has 2 aliphatic rings. The van der Waals surface area contributed by atoms with Crippen molar-refractivity contribution in [3.63, 3.8) is 0 Å². The molecule has 1 aliphatic carbocycles. The molecule has 0 atom stereocenters. The van der Waals surface area contributed by atoms with Gasteiger partial charge in [-0.3, -0.25) is 9.59 Å². The number of hydrogen-bond acceptors (Lipinski definition) is 5. The van der Waals surface area contributed by atoms with E-state index in [0.29, 0.717) is 22.7 Å². The molecule has 0 spiro atoms. The highest BCUT2D eigenvalue weighted by Crippen LogP contribution is 2.37. The van der Waals surface area contributed by atoms with Gasteiger partial charge in [-0.1, -0.05) is 6.07 Å². The molecule has 1 aliphatic heterocycles. The van der Waals surface area contributed by atoms with Crippen LogP contribution in [0.1, 0.15) is 34.8 Å². The predicted molar refractivity (Wildman–Crippen MR) is 100 cm³/mol. The van der Waals surface area contributed by atoms with Gasteiger partial charge in [0, 0.05) is 16.5 Å². The van der Waals surface area contributed by atoms with Crippen molar-refractivity contribution in [2.75, 3.05) is 17.9 Å². The van der Waals surface area contributed by atoms with Gasteiger partial charge < -0.3 is 14.8 Å². The smallest absolute Gasteiger partial charge is 0.234 e. The van der Waals surface area contributed by atoms with Crippen LogP contribution in [-0.4, -0.2) is 24.2 Å². The Morgan fingerprint density at radius 2 is 1.85 bits per heavy atom. The van der Waals surface area contributed by atoms with Gasteiger partial charge in [-0.2, -0.15) is 0 Å². The Labute approximate surface area is 156 Å². The van der Waals surface area contributed by atoms with Gasteiger partial charge in [0.25, 0.3) is 0 Å². The van der Waals surface area contributed by atoms with Crippen molar-refractivity contribution in [1.29, 1.82) is 0 Å². The van der Waals surface area contributed by atoms with Crippen molar-refractivity contribution in [2.24, 2.45) is 0 Å². The zero-order valence-corrected chi connectivity index (χ0v) is 15.3. The first-order valence-electron chi connectivity index (χ1n) is 8.59. The van der Waals surface area contributed by atoms with Gasteiger partial charge >= 0.3 is 0 Å². The summed E-state index contributed by atoms with van der Waals surface area (Å²) < 4.78 is 10.6. The van der Waals surface area contributed by atoms with Crippen LogP contribution in [0.5, 0.6) is 11.5 Å². The number of anilines is 1. The Morgan fingerprint density at radius 1 is 1.08 bits per heavy atom. The second-order valence-corrected chi connectivity index (χ2v) is 7.48. The molecule has 4 rings (SSSR count). The van der Waals surface area contributed by atoms with Crippen LogP contribution in [0.2, 0.25) is 0 Å². The average Bonchev–Trinajstić information content (AvgIpc) is 3.27. The predicted octanol–water partition coefficient (Wildman–Crippen LogP) is 3.84. The molecular weight excluding hydrogens is 350 g/mol. The SMILES string of the molecule is CC(=O)c1cc2c(cc1NC(=O)CSc1ccc3c(c1)CCC3)OCO2. The number of Topliss-reactive ketones (excluding diaryl/α,β-unsaturated/α-hetero) is 1. The molecule has 0 fully saturated rings. The minimum Gasteiger partial charge on any atom is -0.454 e. The molecule has 1 amide bonds. The van der Waals surface area contributed by atoms with Gasteiger partial charge in [-0.05, 0) is 55.5 Å². The third-order valence-electron chi connectivity index (χ3n) is 4.61. The first kappa shape index (κ1) is 17.0. The third kappa shape index (κ3) is 3.42. The molecule has 1 N–H and O–H groups in total. The lowest BCUT2D eigenvalue weighted by Crippen LogP contribution is -2.16. The van der Waals surface area contributed by atoms with Crippen LogP contribution < -0.4 is 14.8 Å². The van der Waals surface area contributed by atoms with Crippen molar-refractivity contribution in [2.45, 2.75) is 31.1 Å². The van der Waals surface area contributed by atoms with E-state index in [1.807, 2.05) is 0 Å². The van der Waals surface area contributed by atoms with E-state index in [4.69, 9.17) is 9.47 Å². The van der Waals surface area contributed by atoms with E-state index >= 15 is 0 Å². The summed E-state index contributed by atoms with van der Waals surface area (Å²) in [6.45, 7) is 1.59. The van der Waals surface area contributed by atoms with E-state index in [2.05, 4.69) is 23.5 Å². The zero-order chi connectivity index (χ0) is 18.1. The standard InChI is InChI=1S/C20H19NO4S/c1-12(22)16-8-18-19(25-11-24-18)9-17(16)21-20(23)10-26-15-6-5-13-3-2-4-14(13)7-15/h5-9H,2-4,10-11H2,1H3,(H,21,23). The molecule has 1 heterocycles. The highest BCUT2D eigenvalue weighted by molar-refractivity contribution is 8.00. The number of aryl methyl sites for hydroxylation is 2. The minimum absolute atomic E-state index is 0.123. The van der Waals surface area contributed by atoms with Gasteiger partial charge in [0.1, 0.15) is 0 Å². The highest BCUT2D eigenvalue weighted by Gasteiger charge is 2.20. The van der Waals surface area contributed by atoms with E-state index in [0.717, 1.165) is 17.7 Å². The van der Waals surface area contributed by atoms with Crippen LogP contribution in [0.15, 0.2) is 35.2 Å². The van der Waals surface area contributed by atoms with E-state index in [-0.39, 0.29) is 24.2 Å². The molecule has 0 unspecified atom stereocenters. The van der Waals surface area contributed by atoms with Crippen molar-refractivity contribution < 1.29 is 19.1 Å². The summed E-state index contributed by atoms with van der Waals surface area (Å²) >= 11 is 1.50. The van der Waals surface area contributed by atoms with Crippen molar-refractivity contribution in [3.05, 3.63) is 47.0 Å². The normalized spacial score (nSPS) is 14.2. The van der Waals surface area contributed by atoms with Crippen molar-refractivity contribution in [3.8, 4) is 11.5 Å². The first-order valence-corrected chi connectivity index (χ1v) is 9.58. The number of nitrogens with one attached hydrogen (secondary N) is 1. The molecule has 0 aromatic heterocycles. The van der Waals surface area contributed by atoms with Crippen molar-refractivity contribution >= 4 is 29.1 Å². The lowest BCUT2D eigenvalue weighted by Gasteiger charge is -2.11. The van der Waals surface area contributed by atoms with Crippen molar-refractivity contribution in [1.82, 2.24) is 0 Å². The van der Waals surface area contributed by atoms with Gasteiger partial charge in [0.2, 0.25) is 12.7 Å². The number of ether oxygens (including phenoxy) is 2. The lowest BCUT2D eigenvalue weighted by atomic mass is 10.1. The highest BCUT2D eigenvalue weighted by atomic mass is 32.2. The maximum absolute atomic E-state index is 12.4. The molecule has 0 bridgehead atoms. The Kier molecular flexibility index (Phi) is 4.59. The van der Waals surface area contributed by atoms with Crippen LogP contribution in [0.3, 0.4) is 0 Å². The second kappa shape index (κ2) is 7.03.